The lowest BCUT2D eigenvalue weighted by Crippen LogP contribution is -2.19. The summed E-state index contributed by atoms with van der Waals surface area (Å²) in [6.45, 7) is 11.6. The van der Waals surface area contributed by atoms with Crippen molar-refractivity contribution in [1.82, 2.24) is 0 Å². The van der Waals surface area contributed by atoms with Gasteiger partial charge in [0, 0.05) is 6.04 Å². The van der Waals surface area contributed by atoms with Crippen molar-refractivity contribution < 1.29 is 4.74 Å². The molecule has 0 aromatic heterocycles. The summed E-state index contributed by atoms with van der Waals surface area (Å²) in [6, 6.07) is 6.50. The van der Waals surface area contributed by atoms with Crippen molar-refractivity contribution >= 4 is 0 Å². The summed E-state index contributed by atoms with van der Waals surface area (Å²) >= 11 is 0. The monoisotopic (exact) mass is 249 g/mol. The first kappa shape index (κ1) is 15.0. The molecule has 0 saturated heterocycles. The van der Waals surface area contributed by atoms with E-state index in [1.165, 1.54) is 11.1 Å². The average molecular weight is 249 g/mol. The number of hydrogen-bond donors (Lipinski definition) is 1. The molecule has 0 radical (unpaired) electrons. The summed E-state index contributed by atoms with van der Waals surface area (Å²) < 4.78 is 5.91. The molecule has 18 heavy (non-hydrogen) atoms. The van der Waals surface area contributed by atoms with Crippen LogP contribution in [0.2, 0.25) is 0 Å². The van der Waals surface area contributed by atoms with Gasteiger partial charge in [0.05, 0.1) is 6.61 Å². The Morgan fingerprint density at radius 2 is 1.94 bits per heavy atom. The zero-order valence-electron chi connectivity index (χ0n) is 12.4. The molecule has 0 amide bonds. The van der Waals surface area contributed by atoms with Crippen LogP contribution in [0.4, 0.5) is 0 Å². The van der Waals surface area contributed by atoms with Crippen LogP contribution in [0.3, 0.4) is 0 Å². The molecular weight excluding hydrogens is 222 g/mol. The van der Waals surface area contributed by atoms with Gasteiger partial charge < -0.3 is 10.5 Å². The molecule has 2 heteroatoms. The maximum Gasteiger partial charge on any atom is 0.122 e. The first-order valence-electron chi connectivity index (χ1n) is 6.76. The number of rotatable bonds is 5. The van der Waals surface area contributed by atoms with Crippen LogP contribution in [0.1, 0.15) is 45.2 Å². The van der Waals surface area contributed by atoms with Gasteiger partial charge in [-0.1, -0.05) is 38.5 Å². The van der Waals surface area contributed by atoms with Gasteiger partial charge in [0.25, 0.3) is 0 Å². The van der Waals surface area contributed by atoms with E-state index in [1.807, 2.05) is 6.92 Å². The van der Waals surface area contributed by atoms with Gasteiger partial charge in [0.2, 0.25) is 0 Å². The molecule has 2 N–H and O–H groups in total. The van der Waals surface area contributed by atoms with E-state index >= 15 is 0 Å². The van der Waals surface area contributed by atoms with Gasteiger partial charge in [0.1, 0.15) is 5.75 Å². The lowest BCUT2D eigenvalue weighted by atomic mass is 9.93. The van der Waals surface area contributed by atoms with Gasteiger partial charge in [-0.15, -0.1) is 0 Å². The Hall–Kier alpha value is -1.02. The Labute approximate surface area is 112 Å². The molecule has 0 saturated carbocycles. The van der Waals surface area contributed by atoms with Crippen molar-refractivity contribution in [1.29, 1.82) is 0 Å². The lowest BCUT2D eigenvalue weighted by Gasteiger charge is -2.19. The third-order valence-electron chi connectivity index (χ3n) is 2.87. The number of ether oxygens (including phenoxy) is 1. The highest BCUT2D eigenvalue weighted by atomic mass is 16.5. The molecule has 0 aliphatic carbocycles. The van der Waals surface area contributed by atoms with Crippen LogP contribution < -0.4 is 10.5 Å². The van der Waals surface area contributed by atoms with Gasteiger partial charge in [-0.25, -0.2) is 0 Å². The van der Waals surface area contributed by atoms with Crippen molar-refractivity contribution in [3.63, 3.8) is 0 Å². The Kier molecular flexibility index (Phi) is 5.21. The molecular formula is C16H27NO. The minimum Gasteiger partial charge on any atom is -0.493 e. The second kappa shape index (κ2) is 6.24. The Bertz CT molecular complexity index is 377. The van der Waals surface area contributed by atoms with E-state index in [0.29, 0.717) is 5.41 Å². The summed E-state index contributed by atoms with van der Waals surface area (Å²) in [4.78, 5) is 0. The maximum absolute atomic E-state index is 5.91. The van der Waals surface area contributed by atoms with Gasteiger partial charge in [0.15, 0.2) is 0 Å². The molecule has 0 aliphatic heterocycles. The van der Waals surface area contributed by atoms with Gasteiger partial charge in [-0.05, 0) is 43.7 Å². The zero-order chi connectivity index (χ0) is 13.8. The van der Waals surface area contributed by atoms with Gasteiger partial charge in [-0.3, -0.25) is 0 Å². The summed E-state index contributed by atoms with van der Waals surface area (Å²) in [5.74, 6) is 0.988. The topological polar surface area (TPSA) is 35.2 Å². The van der Waals surface area contributed by atoms with E-state index in [0.717, 1.165) is 25.2 Å². The van der Waals surface area contributed by atoms with Crippen molar-refractivity contribution in [3.8, 4) is 5.75 Å². The van der Waals surface area contributed by atoms with Crippen molar-refractivity contribution in [2.24, 2.45) is 11.1 Å². The molecule has 102 valence electrons. The van der Waals surface area contributed by atoms with Crippen LogP contribution in [-0.2, 0) is 6.42 Å². The highest BCUT2D eigenvalue weighted by Crippen LogP contribution is 2.24. The van der Waals surface area contributed by atoms with E-state index in [9.17, 15) is 0 Å². The molecule has 0 bridgehead atoms. The van der Waals surface area contributed by atoms with Crippen molar-refractivity contribution in [3.05, 3.63) is 29.3 Å². The standard InChI is InChI=1S/C16H27NO/c1-12-6-7-15(14(10-12)11-13(2)17)18-9-8-16(3,4)5/h6-7,10,13H,8-9,11,17H2,1-5H3. The van der Waals surface area contributed by atoms with Crippen LogP contribution in [0, 0.1) is 12.3 Å². The van der Waals surface area contributed by atoms with Crippen molar-refractivity contribution in [2.75, 3.05) is 6.61 Å². The largest absolute Gasteiger partial charge is 0.493 e. The summed E-state index contributed by atoms with van der Waals surface area (Å²) in [5, 5.41) is 0. The zero-order valence-corrected chi connectivity index (χ0v) is 12.4. The van der Waals surface area contributed by atoms with Crippen molar-refractivity contribution in [2.45, 2.75) is 53.5 Å². The fourth-order valence-electron chi connectivity index (χ4n) is 1.82. The van der Waals surface area contributed by atoms with E-state index in [1.54, 1.807) is 0 Å². The van der Waals surface area contributed by atoms with Gasteiger partial charge >= 0.3 is 0 Å². The Morgan fingerprint density at radius 3 is 2.50 bits per heavy atom. The fraction of sp³-hybridized carbons (Fsp3) is 0.625. The van der Waals surface area contributed by atoms with Crippen LogP contribution in [0.15, 0.2) is 18.2 Å². The molecule has 1 aromatic carbocycles. The van der Waals surface area contributed by atoms with Crippen LogP contribution >= 0.6 is 0 Å². The molecule has 0 heterocycles. The molecule has 0 aliphatic rings. The maximum atomic E-state index is 5.91. The quantitative estimate of drug-likeness (QED) is 0.863. The van der Waals surface area contributed by atoms with Crippen LogP contribution in [0.5, 0.6) is 5.75 Å². The first-order chi connectivity index (χ1) is 8.28. The third kappa shape index (κ3) is 5.54. The second-order valence-corrected chi connectivity index (χ2v) is 6.45. The highest BCUT2D eigenvalue weighted by molar-refractivity contribution is 5.37. The van der Waals surface area contributed by atoms with E-state index < -0.39 is 0 Å². The SMILES string of the molecule is Cc1ccc(OCCC(C)(C)C)c(CC(C)N)c1. The van der Waals surface area contributed by atoms with Crippen LogP contribution in [-0.4, -0.2) is 12.6 Å². The molecule has 1 unspecified atom stereocenters. The minimum atomic E-state index is 0.164. The minimum absolute atomic E-state index is 0.164. The van der Waals surface area contributed by atoms with E-state index in [-0.39, 0.29) is 6.04 Å². The van der Waals surface area contributed by atoms with Gasteiger partial charge in [-0.2, -0.15) is 0 Å². The Balaban J connectivity index is 2.69. The number of nitrogens with two attached hydrogens (primary N) is 1. The third-order valence-corrected chi connectivity index (χ3v) is 2.87. The lowest BCUT2D eigenvalue weighted by molar-refractivity contribution is 0.241. The fourth-order valence-corrected chi connectivity index (χ4v) is 1.82. The molecule has 2 nitrogen and oxygen atoms in total. The summed E-state index contributed by atoms with van der Waals surface area (Å²) in [7, 11) is 0. The summed E-state index contributed by atoms with van der Waals surface area (Å²) in [5.41, 5.74) is 8.68. The Morgan fingerprint density at radius 1 is 1.28 bits per heavy atom. The average Bonchev–Trinajstić information content (AvgIpc) is 2.18. The molecule has 0 spiro atoms. The molecule has 1 atom stereocenters. The number of benzene rings is 1. The number of hydrogen-bond acceptors (Lipinski definition) is 2. The molecule has 1 rings (SSSR count). The van der Waals surface area contributed by atoms with Crippen LogP contribution in [0.25, 0.3) is 0 Å². The highest BCUT2D eigenvalue weighted by Gasteiger charge is 2.11. The molecule has 0 fully saturated rings. The van der Waals surface area contributed by atoms with E-state index in [4.69, 9.17) is 10.5 Å². The smallest absolute Gasteiger partial charge is 0.122 e. The molecule has 1 aromatic rings. The first-order valence-corrected chi connectivity index (χ1v) is 6.76. The predicted octanol–water partition coefficient (Wildman–Crippen LogP) is 3.70. The number of aryl methyl sites for hydroxylation is 1. The summed E-state index contributed by atoms with van der Waals surface area (Å²) in [6.07, 6.45) is 1.92. The predicted molar refractivity (Wildman–Crippen MR) is 78.1 cm³/mol. The normalized spacial score (nSPS) is 13.4. The second-order valence-electron chi connectivity index (χ2n) is 6.45. The van der Waals surface area contributed by atoms with E-state index in [2.05, 4.69) is 45.9 Å².